The molecule has 36 heavy (non-hydrogen) atoms. The first-order chi connectivity index (χ1) is 17.4. The summed E-state index contributed by atoms with van der Waals surface area (Å²) in [7, 11) is 0. The van der Waals surface area contributed by atoms with Crippen LogP contribution < -0.4 is 10.3 Å². The van der Waals surface area contributed by atoms with Crippen LogP contribution in [0.15, 0.2) is 84.9 Å². The van der Waals surface area contributed by atoms with E-state index in [2.05, 4.69) is 5.43 Å². The minimum Gasteiger partial charge on any atom is -0.386 e. The zero-order valence-corrected chi connectivity index (χ0v) is 19.5. The van der Waals surface area contributed by atoms with Gasteiger partial charge in [0.1, 0.15) is 18.0 Å². The van der Waals surface area contributed by atoms with Gasteiger partial charge in [-0.05, 0) is 48.5 Å². The fraction of sp³-hybridized carbons (Fsp3) is 0.148. The third-order valence-corrected chi connectivity index (χ3v) is 6.69. The summed E-state index contributed by atoms with van der Waals surface area (Å²) in [5.41, 5.74) is 4.38. The van der Waals surface area contributed by atoms with Gasteiger partial charge in [-0.15, -0.1) is 0 Å². The summed E-state index contributed by atoms with van der Waals surface area (Å²) in [6.07, 6.45) is 1.69. The summed E-state index contributed by atoms with van der Waals surface area (Å²) >= 11 is 6.23. The second kappa shape index (κ2) is 9.55. The van der Waals surface area contributed by atoms with Crippen molar-refractivity contribution in [1.29, 1.82) is 5.26 Å². The van der Waals surface area contributed by atoms with E-state index in [1.807, 2.05) is 6.07 Å². The number of para-hydroxylation sites is 1. The molecule has 4 unspecified atom stereocenters. The molecule has 2 aliphatic heterocycles. The summed E-state index contributed by atoms with van der Waals surface area (Å²) < 4.78 is 14.7. The largest absolute Gasteiger partial charge is 0.386 e. The van der Waals surface area contributed by atoms with Crippen LogP contribution in [0.4, 0.5) is 15.8 Å². The standard InChI is InChI=1S/C27H20ClFN4O3/c28-20-7-4-8-21(29)23(20)25(34)22-14-13-19-24(33(22)31-17-11-9-16(15-30)10-12-17)27(36)32(26(19)35)18-5-2-1-3-6-18/h1-14,19,22,24-25,31,34H. The van der Waals surface area contributed by atoms with Crippen molar-refractivity contribution >= 4 is 34.8 Å². The fourth-order valence-corrected chi connectivity index (χ4v) is 4.91. The minimum atomic E-state index is -1.46. The molecule has 2 heterocycles. The van der Waals surface area contributed by atoms with E-state index >= 15 is 0 Å². The highest BCUT2D eigenvalue weighted by molar-refractivity contribution is 6.31. The zero-order chi connectivity index (χ0) is 25.4. The Bertz CT molecular complexity index is 1370. The normalized spacial score (nSPS) is 22.3. The Morgan fingerprint density at radius 1 is 0.972 bits per heavy atom. The number of hydrogen-bond donors (Lipinski definition) is 2. The Morgan fingerprint density at radius 2 is 1.69 bits per heavy atom. The molecule has 180 valence electrons. The van der Waals surface area contributed by atoms with Gasteiger partial charge in [-0.3, -0.25) is 9.59 Å². The van der Waals surface area contributed by atoms with Crippen LogP contribution in [0.25, 0.3) is 0 Å². The van der Waals surface area contributed by atoms with E-state index in [0.29, 0.717) is 16.9 Å². The van der Waals surface area contributed by atoms with Gasteiger partial charge in [0, 0.05) is 16.3 Å². The van der Waals surface area contributed by atoms with Crippen molar-refractivity contribution in [3.05, 3.63) is 107 Å². The number of aliphatic hydroxyl groups excluding tert-OH is 1. The summed E-state index contributed by atoms with van der Waals surface area (Å²) in [6, 6.07) is 19.2. The van der Waals surface area contributed by atoms with E-state index in [1.165, 1.54) is 23.2 Å². The number of halogens is 2. The Kier molecular flexibility index (Phi) is 6.29. The van der Waals surface area contributed by atoms with Crippen molar-refractivity contribution in [3.8, 4) is 6.07 Å². The van der Waals surface area contributed by atoms with Gasteiger partial charge in [0.2, 0.25) is 5.91 Å². The maximum Gasteiger partial charge on any atom is 0.254 e. The first-order valence-corrected chi connectivity index (χ1v) is 11.6. The van der Waals surface area contributed by atoms with Crippen molar-refractivity contribution in [3.63, 3.8) is 0 Å². The number of amides is 2. The van der Waals surface area contributed by atoms with Gasteiger partial charge >= 0.3 is 0 Å². The molecule has 2 aliphatic rings. The number of nitriles is 1. The minimum absolute atomic E-state index is 0.0380. The van der Waals surface area contributed by atoms with Crippen molar-refractivity contribution in [2.45, 2.75) is 18.2 Å². The van der Waals surface area contributed by atoms with Gasteiger partial charge in [-0.1, -0.05) is 48.0 Å². The topological polar surface area (TPSA) is 96.7 Å². The number of carbonyl (C=O) groups is 2. The van der Waals surface area contributed by atoms with Gasteiger partial charge in [-0.25, -0.2) is 14.3 Å². The summed E-state index contributed by atoms with van der Waals surface area (Å²) in [5.74, 6) is -2.42. The molecule has 3 aromatic rings. The highest BCUT2D eigenvalue weighted by Crippen LogP contribution is 2.39. The number of imide groups is 1. The second-order valence-electron chi connectivity index (χ2n) is 8.48. The van der Waals surface area contributed by atoms with Gasteiger partial charge in [0.15, 0.2) is 0 Å². The van der Waals surface area contributed by atoms with Crippen LogP contribution in [0, 0.1) is 23.1 Å². The molecule has 1 fully saturated rings. The Morgan fingerprint density at radius 3 is 2.36 bits per heavy atom. The van der Waals surface area contributed by atoms with Crippen LogP contribution in [0.3, 0.4) is 0 Å². The SMILES string of the molecule is N#Cc1ccc(NN2C(C(O)c3c(F)cccc3Cl)C=CC3C(=O)N(c4ccccc4)C(=O)C32)cc1. The van der Waals surface area contributed by atoms with Crippen molar-refractivity contribution in [1.82, 2.24) is 5.01 Å². The molecule has 4 atom stereocenters. The molecule has 0 bridgehead atoms. The maximum atomic E-state index is 14.7. The van der Waals surface area contributed by atoms with Crippen LogP contribution in [-0.2, 0) is 9.59 Å². The highest BCUT2D eigenvalue weighted by Gasteiger charge is 2.54. The molecule has 5 rings (SSSR count). The highest BCUT2D eigenvalue weighted by atomic mass is 35.5. The smallest absolute Gasteiger partial charge is 0.254 e. The molecular weight excluding hydrogens is 483 g/mol. The van der Waals surface area contributed by atoms with E-state index < -0.39 is 41.7 Å². The lowest BCUT2D eigenvalue weighted by Crippen LogP contribution is -2.55. The first kappa shape index (κ1) is 23.7. The molecule has 0 aliphatic carbocycles. The van der Waals surface area contributed by atoms with E-state index in [9.17, 15) is 19.1 Å². The third-order valence-electron chi connectivity index (χ3n) is 6.36. The lowest BCUT2D eigenvalue weighted by atomic mass is 9.90. The maximum absolute atomic E-state index is 14.7. The lowest BCUT2D eigenvalue weighted by molar-refractivity contribution is -0.123. The van der Waals surface area contributed by atoms with Crippen molar-refractivity contribution in [2.75, 3.05) is 10.3 Å². The van der Waals surface area contributed by atoms with Crippen molar-refractivity contribution < 1.29 is 19.1 Å². The van der Waals surface area contributed by atoms with Crippen molar-refractivity contribution in [2.24, 2.45) is 5.92 Å². The predicted octanol–water partition coefficient (Wildman–Crippen LogP) is 4.21. The number of anilines is 2. The van der Waals surface area contributed by atoms with Gasteiger partial charge in [-0.2, -0.15) is 5.26 Å². The van der Waals surface area contributed by atoms with Crippen LogP contribution in [0.2, 0.25) is 5.02 Å². The van der Waals surface area contributed by atoms with Crippen LogP contribution in [0.1, 0.15) is 17.2 Å². The monoisotopic (exact) mass is 502 g/mol. The number of hydrogen-bond acceptors (Lipinski definition) is 6. The van der Waals surface area contributed by atoms with Gasteiger partial charge in [0.05, 0.1) is 29.3 Å². The number of fused-ring (bicyclic) bond motifs is 1. The average Bonchev–Trinajstić information content (AvgIpc) is 3.14. The van der Waals surface area contributed by atoms with E-state index in [4.69, 9.17) is 16.9 Å². The summed E-state index contributed by atoms with van der Waals surface area (Å²) in [6.45, 7) is 0. The van der Waals surface area contributed by atoms with E-state index in [-0.39, 0.29) is 10.6 Å². The van der Waals surface area contributed by atoms with Gasteiger partial charge < -0.3 is 10.5 Å². The van der Waals surface area contributed by atoms with Crippen LogP contribution >= 0.6 is 11.6 Å². The van der Waals surface area contributed by atoms with E-state index in [0.717, 1.165) is 4.90 Å². The number of carbonyl (C=O) groups excluding carboxylic acids is 2. The number of hydrazine groups is 1. The number of nitrogens with zero attached hydrogens (tertiary/aromatic N) is 3. The summed E-state index contributed by atoms with van der Waals surface area (Å²) in [4.78, 5) is 28.1. The van der Waals surface area contributed by atoms with Gasteiger partial charge in [0.25, 0.3) is 5.91 Å². The predicted molar refractivity (Wildman–Crippen MR) is 132 cm³/mol. The van der Waals surface area contributed by atoms with Crippen LogP contribution in [-0.4, -0.2) is 34.0 Å². The molecule has 1 saturated heterocycles. The quantitative estimate of drug-likeness (QED) is 0.401. The third kappa shape index (κ3) is 4.03. The zero-order valence-electron chi connectivity index (χ0n) is 18.8. The Balaban J connectivity index is 1.57. The molecule has 0 radical (unpaired) electrons. The fourth-order valence-electron chi connectivity index (χ4n) is 4.64. The first-order valence-electron chi connectivity index (χ1n) is 11.2. The lowest BCUT2D eigenvalue weighted by Gasteiger charge is -2.40. The number of nitrogens with one attached hydrogen (secondary N) is 1. The number of rotatable bonds is 5. The molecule has 2 N–H and O–H groups in total. The Labute approximate surface area is 211 Å². The van der Waals surface area contributed by atoms with Crippen LogP contribution in [0.5, 0.6) is 0 Å². The molecule has 0 spiro atoms. The number of aliphatic hydroxyl groups is 1. The summed E-state index contributed by atoms with van der Waals surface area (Å²) in [5, 5.41) is 21.9. The molecular formula is C27H20ClFN4O3. The molecule has 2 amide bonds. The molecule has 3 aromatic carbocycles. The van der Waals surface area contributed by atoms with E-state index in [1.54, 1.807) is 66.7 Å². The molecule has 9 heteroatoms. The molecule has 7 nitrogen and oxygen atoms in total. The molecule has 0 aromatic heterocycles. The molecule has 0 saturated carbocycles. The Hall–Kier alpha value is -4.03. The second-order valence-corrected chi connectivity index (χ2v) is 8.89. The average molecular weight is 503 g/mol. The number of benzene rings is 3.